The van der Waals surface area contributed by atoms with Crippen molar-refractivity contribution in [3.63, 3.8) is 0 Å². The van der Waals surface area contributed by atoms with E-state index in [0.717, 1.165) is 6.42 Å². The summed E-state index contributed by atoms with van der Waals surface area (Å²) < 4.78 is 19.7. The Labute approximate surface area is 207 Å². The van der Waals surface area contributed by atoms with Crippen LogP contribution in [0.1, 0.15) is 59.6 Å². The summed E-state index contributed by atoms with van der Waals surface area (Å²) in [5.41, 5.74) is -0.493. The minimum absolute atomic E-state index is 0.0812. The predicted molar refractivity (Wildman–Crippen MR) is 132 cm³/mol. The van der Waals surface area contributed by atoms with E-state index in [1.807, 2.05) is 52.8 Å². The van der Waals surface area contributed by atoms with Crippen LogP contribution in [0, 0.1) is 5.92 Å². The van der Waals surface area contributed by atoms with Gasteiger partial charge in [0.2, 0.25) is 5.91 Å². The molecule has 10 heteroatoms. The first-order valence-corrected chi connectivity index (χ1v) is 12.5. The average molecular weight is 493 g/mol. The summed E-state index contributed by atoms with van der Waals surface area (Å²) in [7, 11) is 3.85. The third kappa shape index (κ3) is 7.20. The highest BCUT2D eigenvalue weighted by Crippen LogP contribution is 2.31. The van der Waals surface area contributed by atoms with Crippen LogP contribution in [0.25, 0.3) is 0 Å². The SMILES string of the molecule is CCC(C)/C=C/C(=O)Nc1ccn([C@H]2CC[C@H](OC3C[C@H](O)[C@H](N(C)C)[C@@H](C)O3)[C@@H](C)O2)c(=O)n1. The molecule has 0 spiro atoms. The predicted octanol–water partition coefficient (Wildman–Crippen LogP) is 2.29. The van der Waals surface area contributed by atoms with E-state index in [0.29, 0.717) is 25.2 Å². The molecular formula is C25H40N4O6. The second-order valence-electron chi connectivity index (χ2n) is 9.81. The molecule has 2 unspecified atom stereocenters. The minimum atomic E-state index is -0.541. The van der Waals surface area contributed by atoms with Crippen LogP contribution in [0.4, 0.5) is 5.82 Å². The van der Waals surface area contributed by atoms with Gasteiger partial charge < -0.3 is 29.5 Å². The maximum Gasteiger partial charge on any atom is 0.351 e. The zero-order valence-electron chi connectivity index (χ0n) is 21.6. The molecule has 0 radical (unpaired) electrons. The standard InChI is InChI=1S/C25H40N4O6/c1-7-15(2)8-10-21(31)26-20-12-13-29(25(32)27-20)22-11-9-19(16(3)33-22)35-23-14-18(30)24(28(5)6)17(4)34-23/h8,10,12-13,15-19,22-24,30H,7,9,11,14H2,1-6H3,(H,26,27,31,32)/b10-8+/t15?,16-,17-,18+,19+,22-,23?,24-/m1/s1. The molecule has 0 bridgehead atoms. The highest BCUT2D eigenvalue weighted by atomic mass is 16.7. The van der Waals surface area contributed by atoms with Crippen molar-refractivity contribution in [2.24, 2.45) is 5.92 Å². The molecule has 1 amide bonds. The number of aromatic nitrogens is 2. The normalized spacial score (nSPS) is 32.6. The first kappa shape index (κ1) is 27.5. The highest BCUT2D eigenvalue weighted by Gasteiger charge is 2.40. The van der Waals surface area contributed by atoms with Gasteiger partial charge in [-0.15, -0.1) is 0 Å². The summed E-state index contributed by atoms with van der Waals surface area (Å²) in [4.78, 5) is 30.6. The topological polar surface area (TPSA) is 115 Å². The van der Waals surface area contributed by atoms with Gasteiger partial charge >= 0.3 is 5.69 Å². The molecule has 2 N–H and O–H groups in total. The molecule has 2 fully saturated rings. The van der Waals surface area contributed by atoms with Crippen molar-refractivity contribution in [2.45, 2.75) is 96.4 Å². The molecular weight excluding hydrogens is 452 g/mol. The van der Waals surface area contributed by atoms with Crippen LogP contribution in [-0.4, -0.2) is 76.3 Å². The number of likely N-dealkylation sites (N-methyl/N-ethyl adjacent to an activating group) is 1. The molecule has 10 nitrogen and oxygen atoms in total. The van der Waals surface area contributed by atoms with E-state index in [2.05, 4.69) is 10.3 Å². The maximum atomic E-state index is 12.6. The Kier molecular flexibility index (Phi) is 9.60. The van der Waals surface area contributed by atoms with E-state index in [1.165, 1.54) is 10.6 Å². The van der Waals surface area contributed by atoms with Gasteiger partial charge in [0.05, 0.1) is 30.5 Å². The van der Waals surface area contributed by atoms with Gasteiger partial charge in [-0.2, -0.15) is 4.98 Å². The molecule has 2 aliphatic heterocycles. The van der Waals surface area contributed by atoms with Gasteiger partial charge in [0.1, 0.15) is 12.0 Å². The third-order valence-corrected chi connectivity index (χ3v) is 6.80. The zero-order chi connectivity index (χ0) is 25.7. The maximum absolute atomic E-state index is 12.6. The van der Waals surface area contributed by atoms with Crippen molar-refractivity contribution in [1.82, 2.24) is 14.5 Å². The van der Waals surface area contributed by atoms with Crippen molar-refractivity contribution in [3.05, 3.63) is 34.9 Å². The molecule has 196 valence electrons. The number of nitrogens with zero attached hydrogens (tertiary/aromatic N) is 3. The van der Waals surface area contributed by atoms with Crippen LogP contribution >= 0.6 is 0 Å². The second-order valence-corrected chi connectivity index (χ2v) is 9.81. The molecule has 0 saturated carbocycles. The number of hydrogen-bond acceptors (Lipinski definition) is 8. The van der Waals surface area contributed by atoms with E-state index in [4.69, 9.17) is 14.2 Å². The Bertz CT molecular complexity index is 923. The van der Waals surface area contributed by atoms with Crippen LogP contribution in [-0.2, 0) is 19.0 Å². The number of aliphatic hydroxyl groups is 1. The van der Waals surface area contributed by atoms with Crippen molar-refractivity contribution < 1.29 is 24.1 Å². The third-order valence-electron chi connectivity index (χ3n) is 6.80. The lowest BCUT2D eigenvalue weighted by atomic mass is 9.98. The Morgan fingerprint density at radius 2 is 2.09 bits per heavy atom. The van der Waals surface area contributed by atoms with E-state index in [1.54, 1.807) is 12.3 Å². The van der Waals surface area contributed by atoms with Crippen molar-refractivity contribution in [3.8, 4) is 0 Å². The average Bonchev–Trinajstić information content (AvgIpc) is 2.78. The quantitative estimate of drug-likeness (QED) is 0.531. The fourth-order valence-electron chi connectivity index (χ4n) is 4.66. The van der Waals surface area contributed by atoms with Gasteiger partial charge in [0, 0.05) is 12.6 Å². The lowest BCUT2D eigenvalue weighted by Crippen LogP contribution is -2.55. The van der Waals surface area contributed by atoms with Gasteiger partial charge in [-0.3, -0.25) is 9.36 Å². The van der Waals surface area contributed by atoms with Crippen LogP contribution in [0.5, 0.6) is 0 Å². The zero-order valence-corrected chi connectivity index (χ0v) is 21.6. The summed E-state index contributed by atoms with van der Waals surface area (Å²) >= 11 is 0. The van der Waals surface area contributed by atoms with Gasteiger partial charge in [-0.05, 0) is 58.8 Å². The van der Waals surface area contributed by atoms with Crippen LogP contribution in [0.2, 0.25) is 0 Å². The van der Waals surface area contributed by atoms with Gasteiger partial charge in [-0.25, -0.2) is 4.79 Å². The number of carbonyl (C=O) groups excluding carboxylic acids is 1. The smallest absolute Gasteiger partial charge is 0.351 e. The van der Waals surface area contributed by atoms with Crippen molar-refractivity contribution in [1.29, 1.82) is 0 Å². The fraction of sp³-hybridized carbons (Fsp3) is 0.720. The molecule has 0 aromatic carbocycles. The highest BCUT2D eigenvalue weighted by molar-refractivity contribution is 5.98. The number of rotatable bonds is 8. The largest absolute Gasteiger partial charge is 0.391 e. The lowest BCUT2D eigenvalue weighted by molar-refractivity contribution is -0.273. The summed E-state index contributed by atoms with van der Waals surface area (Å²) in [5, 5.41) is 13.2. The molecule has 8 atom stereocenters. The lowest BCUT2D eigenvalue weighted by Gasteiger charge is -2.43. The van der Waals surface area contributed by atoms with Gasteiger partial charge in [-0.1, -0.05) is 26.3 Å². The first-order chi connectivity index (χ1) is 16.6. The molecule has 1 aromatic rings. The number of amides is 1. The molecule has 1 aromatic heterocycles. The number of ether oxygens (including phenoxy) is 3. The number of carbonyl (C=O) groups is 1. The molecule has 2 saturated heterocycles. The number of nitrogens with one attached hydrogen (secondary N) is 1. The molecule has 3 heterocycles. The monoisotopic (exact) mass is 492 g/mol. The van der Waals surface area contributed by atoms with Crippen molar-refractivity contribution >= 4 is 11.7 Å². The van der Waals surface area contributed by atoms with E-state index in [9.17, 15) is 14.7 Å². The number of anilines is 1. The van der Waals surface area contributed by atoms with Crippen molar-refractivity contribution in [2.75, 3.05) is 19.4 Å². The summed E-state index contributed by atoms with van der Waals surface area (Å²) in [6, 6.07) is 1.51. The molecule has 0 aliphatic carbocycles. The number of aliphatic hydroxyl groups excluding tert-OH is 1. The number of allylic oxidation sites excluding steroid dienone is 1. The Balaban J connectivity index is 1.55. The van der Waals surface area contributed by atoms with Gasteiger partial charge in [0.15, 0.2) is 6.29 Å². The summed E-state index contributed by atoms with van der Waals surface area (Å²) in [5.74, 6) is 0.181. The molecule has 35 heavy (non-hydrogen) atoms. The first-order valence-electron chi connectivity index (χ1n) is 12.5. The fourth-order valence-corrected chi connectivity index (χ4v) is 4.66. The van der Waals surface area contributed by atoms with Gasteiger partial charge in [0.25, 0.3) is 0 Å². The minimum Gasteiger partial charge on any atom is -0.391 e. The van der Waals surface area contributed by atoms with Crippen LogP contribution in [0.15, 0.2) is 29.2 Å². The Hall–Kier alpha value is -2.11. The summed E-state index contributed by atoms with van der Waals surface area (Å²) in [6.07, 6.45) is 5.24. The van der Waals surface area contributed by atoms with E-state index < -0.39 is 24.3 Å². The van der Waals surface area contributed by atoms with Crippen LogP contribution < -0.4 is 11.0 Å². The summed E-state index contributed by atoms with van der Waals surface area (Å²) in [6.45, 7) is 7.91. The van der Waals surface area contributed by atoms with Crippen LogP contribution in [0.3, 0.4) is 0 Å². The van der Waals surface area contributed by atoms with E-state index in [-0.39, 0.29) is 36.1 Å². The second kappa shape index (κ2) is 12.2. The molecule has 2 aliphatic rings. The Morgan fingerprint density at radius 1 is 1.34 bits per heavy atom. The Morgan fingerprint density at radius 3 is 2.69 bits per heavy atom. The molecule has 3 rings (SSSR count). The number of hydrogen-bond donors (Lipinski definition) is 2. The van der Waals surface area contributed by atoms with E-state index >= 15 is 0 Å².